The second-order valence-corrected chi connectivity index (χ2v) is 7.48. The summed E-state index contributed by atoms with van der Waals surface area (Å²) < 4.78 is 10.4. The van der Waals surface area contributed by atoms with Crippen LogP contribution in [0.1, 0.15) is 16.7 Å². The first-order valence-corrected chi connectivity index (χ1v) is 10.3. The van der Waals surface area contributed by atoms with Gasteiger partial charge in [-0.3, -0.25) is 4.79 Å². The van der Waals surface area contributed by atoms with Crippen LogP contribution in [0.25, 0.3) is 11.8 Å². The molecule has 0 atom stereocenters. The van der Waals surface area contributed by atoms with Gasteiger partial charge in [-0.25, -0.2) is 0 Å². The first-order chi connectivity index (χ1) is 15.6. The Kier molecular flexibility index (Phi) is 6.38. The van der Waals surface area contributed by atoms with Crippen molar-refractivity contribution in [3.05, 3.63) is 106 Å². The number of methoxy groups -OCH3 is 2. The van der Waals surface area contributed by atoms with Gasteiger partial charge < -0.3 is 9.47 Å². The molecule has 0 saturated carbocycles. The van der Waals surface area contributed by atoms with E-state index in [1.807, 2.05) is 72.8 Å². The summed E-state index contributed by atoms with van der Waals surface area (Å²) in [6, 6.07) is 22.3. The van der Waals surface area contributed by atoms with Gasteiger partial charge in [0.05, 0.1) is 26.1 Å². The van der Waals surface area contributed by atoms with E-state index in [-0.39, 0.29) is 5.91 Å². The molecule has 0 N–H and O–H groups in total. The van der Waals surface area contributed by atoms with E-state index in [9.17, 15) is 4.79 Å². The molecule has 0 radical (unpaired) electrons. The van der Waals surface area contributed by atoms with E-state index >= 15 is 0 Å². The molecular formula is C26H21ClN2O3. The van der Waals surface area contributed by atoms with E-state index in [2.05, 4.69) is 5.10 Å². The average Bonchev–Trinajstić information content (AvgIpc) is 3.14. The van der Waals surface area contributed by atoms with Crippen LogP contribution >= 0.6 is 11.6 Å². The summed E-state index contributed by atoms with van der Waals surface area (Å²) >= 11 is 5.98. The monoisotopic (exact) mass is 444 g/mol. The van der Waals surface area contributed by atoms with Gasteiger partial charge in [0.15, 0.2) is 0 Å². The second-order valence-electron chi connectivity index (χ2n) is 7.04. The third kappa shape index (κ3) is 4.74. The maximum absolute atomic E-state index is 13.2. The smallest absolute Gasteiger partial charge is 0.278 e. The van der Waals surface area contributed by atoms with E-state index in [4.69, 9.17) is 21.1 Å². The van der Waals surface area contributed by atoms with Crippen molar-refractivity contribution in [3.8, 4) is 11.5 Å². The predicted octanol–water partition coefficient (Wildman–Crippen LogP) is 5.66. The van der Waals surface area contributed by atoms with Gasteiger partial charge in [0.2, 0.25) is 0 Å². The third-order valence-electron chi connectivity index (χ3n) is 4.98. The number of hydrogen-bond acceptors (Lipinski definition) is 4. The van der Waals surface area contributed by atoms with Crippen LogP contribution in [0, 0.1) is 0 Å². The Morgan fingerprint density at radius 1 is 0.812 bits per heavy atom. The molecule has 1 heterocycles. The van der Waals surface area contributed by atoms with Gasteiger partial charge in [-0.05, 0) is 83.9 Å². The first-order valence-electron chi connectivity index (χ1n) is 9.93. The van der Waals surface area contributed by atoms with Crippen molar-refractivity contribution in [2.45, 2.75) is 0 Å². The van der Waals surface area contributed by atoms with Gasteiger partial charge in [0, 0.05) is 16.2 Å². The van der Waals surface area contributed by atoms with Crippen molar-refractivity contribution in [2.75, 3.05) is 14.2 Å². The minimum atomic E-state index is -0.212. The highest BCUT2D eigenvalue weighted by Gasteiger charge is 2.29. The number of amides is 1. The number of ether oxygens (including phenoxy) is 2. The molecule has 0 bridgehead atoms. The van der Waals surface area contributed by atoms with E-state index < -0.39 is 0 Å². The molecule has 3 aromatic carbocycles. The van der Waals surface area contributed by atoms with Crippen LogP contribution in [0.15, 0.2) is 89.5 Å². The Labute approximate surface area is 191 Å². The number of hydrazone groups is 1. The van der Waals surface area contributed by atoms with Crippen LogP contribution in [0.4, 0.5) is 0 Å². The SMILES string of the molecule is COc1ccc(/C=N/N2C(=O)/C(=C/c3ccc(Cl)cc3)C=C2c2ccc(OC)cc2)cc1. The highest BCUT2D eigenvalue weighted by Crippen LogP contribution is 2.32. The Bertz CT molecular complexity index is 1200. The van der Waals surface area contributed by atoms with Crippen LogP contribution in [-0.4, -0.2) is 31.4 Å². The molecule has 0 unspecified atom stereocenters. The molecule has 1 aliphatic heterocycles. The Hall–Kier alpha value is -3.83. The molecule has 0 spiro atoms. The van der Waals surface area contributed by atoms with Gasteiger partial charge in [-0.2, -0.15) is 10.1 Å². The van der Waals surface area contributed by atoms with Crippen LogP contribution < -0.4 is 9.47 Å². The lowest BCUT2D eigenvalue weighted by atomic mass is 10.1. The molecule has 3 aromatic rings. The van der Waals surface area contributed by atoms with Crippen molar-refractivity contribution < 1.29 is 14.3 Å². The van der Waals surface area contributed by atoms with Gasteiger partial charge in [0.1, 0.15) is 11.5 Å². The molecule has 0 fully saturated rings. The van der Waals surface area contributed by atoms with Crippen molar-refractivity contribution in [1.82, 2.24) is 5.01 Å². The maximum atomic E-state index is 13.2. The fraction of sp³-hybridized carbons (Fsp3) is 0.0769. The minimum Gasteiger partial charge on any atom is -0.497 e. The number of carbonyl (C=O) groups is 1. The van der Waals surface area contributed by atoms with E-state index in [1.54, 1.807) is 32.6 Å². The molecule has 4 rings (SSSR count). The molecule has 1 aliphatic rings. The number of nitrogens with zero attached hydrogens (tertiary/aromatic N) is 2. The minimum absolute atomic E-state index is 0.212. The van der Waals surface area contributed by atoms with Crippen LogP contribution in [0.2, 0.25) is 5.02 Å². The van der Waals surface area contributed by atoms with E-state index in [1.165, 1.54) is 5.01 Å². The van der Waals surface area contributed by atoms with Gasteiger partial charge in [0.25, 0.3) is 5.91 Å². The molecule has 0 aromatic heterocycles. The summed E-state index contributed by atoms with van der Waals surface area (Å²) in [5.74, 6) is 1.28. The van der Waals surface area contributed by atoms with Crippen molar-refractivity contribution in [3.63, 3.8) is 0 Å². The van der Waals surface area contributed by atoms with E-state index in [0.29, 0.717) is 16.3 Å². The van der Waals surface area contributed by atoms with E-state index in [0.717, 1.165) is 28.2 Å². The van der Waals surface area contributed by atoms with Crippen LogP contribution in [0.3, 0.4) is 0 Å². The largest absolute Gasteiger partial charge is 0.497 e. The topological polar surface area (TPSA) is 51.1 Å². The number of halogens is 1. The zero-order valence-corrected chi connectivity index (χ0v) is 18.4. The molecular weight excluding hydrogens is 424 g/mol. The number of hydrogen-bond donors (Lipinski definition) is 0. The fourth-order valence-electron chi connectivity index (χ4n) is 3.24. The predicted molar refractivity (Wildman–Crippen MR) is 128 cm³/mol. The normalized spacial score (nSPS) is 14.8. The molecule has 0 saturated heterocycles. The zero-order valence-electron chi connectivity index (χ0n) is 17.7. The maximum Gasteiger partial charge on any atom is 0.278 e. The second kappa shape index (κ2) is 9.54. The summed E-state index contributed by atoms with van der Waals surface area (Å²) in [6.07, 6.45) is 5.31. The zero-order chi connectivity index (χ0) is 22.5. The Morgan fingerprint density at radius 2 is 1.38 bits per heavy atom. The Balaban J connectivity index is 1.69. The van der Waals surface area contributed by atoms with Gasteiger partial charge >= 0.3 is 0 Å². The summed E-state index contributed by atoms with van der Waals surface area (Å²) in [4.78, 5) is 13.2. The molecule has 160 valence electrons. The Morgan fingerprint density at radius 3 is 1.97 bits per heavy atom. The quantitative estimate of drug-likeness (QED) is 0.364. The lowest BCUT2D eigenvalue weighted by molar-refractivity contribution is -0.122. The molecule has 0 aliphatic carbocycles. The van der Waals surface area contributed by atoms with Crippen molar-refractivity contribution in [2.24, 2.45) is 5.10 Å². The lowest BCUT2D eigenvalue weighted by Crippen LogP contribution is -2.20. The number of rotatable bonds is 6. The summed E-state index contributed by atoms with van der Waals surface area (Å²) in [7, 11) is 3.23. The molecule has 32 heavy (non-hydrogen) atoms. The fourth-order valence-corrected chi connectivity index (χ4v) is 3.37. The molecule has 1 amide bonds. The highest BCUT2D eigenvalue weighted by molar-refractivity contribution is 6.30. The summed E-state index contributed by atoms with van der Waals surface area (Å²) in [5.41, 5.74) is 3.80. The van der Waals surface area contributed by atoms with Crippen LogP contribution in [-0.2, 0) is 4.79 Å². The number of carbonyl (C=O) groups excluding carboxylic acids is 1. The average molecular weight is 445 g/mol. The van der Waals surface area contributed by atoms with Crippen molar-refractivity contribution in [1.29, 1.82) is 0 Å². The summed E-state index contributed by atoms with van der Waals surface area (Å²) in [6.45, 7) is 0. The third-order valence-corrected chi connectivity index (χ3v) is 5.23. The van der Waals surface area contributed by atoms with Gasteiger partial charge in [-0.15, -0.1) is 0 Å². The van der Waals surface area contributed by atoms with Crippen LogP contribution in [0.5, 0.6) is 11.5 Å². The highest BCUT2D eigenvalue weighted by atomic mass is 35.5. The summed E-state index contributed by atoms with van der Waals surface area (Å²) in [5, 5.41) is 6.55. The first kappa shape index (κ1) is 21.4. The molecule has 5 nitrogen and oxygen atoms in total. The van der Waals surface area contributed by atoms with Gasteiger partial charge in [-0.1, -0.05) is 23.7 Å². The lowest BCUT2D eigenvalue weighted by Gasteiger charge is -2.15. The molecule has 6 heteroatoms. The number of benzene rings is 3. The van der Waals surface area contributed by atoms with Crippen molar-refractivity contribution >= 4 is 35.5 Å². The standard InChI is InChI=1S/C26H21ClN2O3/c1-31-23-11-5-19(6-12-23)17-28-29-25(20-7-13-24(32-2)14-8-20)16-21(26(29)30)15-18-3-9-22(27)10-4-18/h3-17H,1-2H3/b21-15+,28-17+.